The van der Waals surface area contributed by atoms with E-state index in [0.717, 1.165) is 24.6 Å². The van der Waals surface area contributed by atoms with Crippen LogP contribution in [0.5, 0.6) is 11.5 Å². The fraction of sp³-hybridized carbons (Fsp3) is 0.250. The van der Waals surface area contributed by atoms with Crippen LogP contribution in [0, 0.1) is 11.6 Å². The number of ether oxygens (including phenoxy) is 2. The first kappa shape index (κ1) is 13.8. The Labute approximate surface area is 120 Å². The summed E-state index contributed by atoms with van der Waals surface area (Å²) < 4.78 is 37.5. The van der Waals surface area contributed by atoms with Crippen molar-refractivity contribution < 1.29 is 23.4 Å². The summed E-state index contributed by atoms with van der Waals surface area (Å²) in [5.41, 5.74) is 0.645. The van der Waals surface area contributed by atoms with E-state index in [-0.39, 0.29) is 5.56 Å². The summed E-state index contributed by atoms with van der Waals surface area (Å²) in [4.78, 5) is 0. The second-order valence-electron chi connectivity index (χ2n) is 4.86. The summed E-state index contributed by atoms with van der Waals surface area (Å²) in [5.74, 6) is -0.313. The molecule has 1 atom stereocenters. The number of hydrogen-bond donors (Lipinski definition) is 1. The highest BCUT2D eigenvalue weighted by Gasteiger charge is 2.17. The molecule has 2 aromatic carbocycles. The van der Waals surface area contributed by atoms with Gasteiger partial charge in [-0.2, -0.15) is 0 Å². The summed E-state index contributed by atoms with van der Waals surface area (Å²) in [6, 6.07) is 7.96. The molecule has 0 aromatic heterocycles. The molecule has 0 saturated carbocycles. The molecule has 2 aromatic rings. The van der Waals surface area contributed by atoms with E-state index in [2.05, 4.69) is 0 Å². The number of hydrogen-bond acceptors (Lipinski definition) is 3. The maximum atomic E-state index is 13.2. The highest BCUT2D eigenvalue weighted by molar-refractivity contribution is 5.45. The van der Waals surface area contributed by atoms with E-state index in [1.54, 1.807) is 18.2 Å². The molecule has 3 nitrogen and oxygen atoms in total. The predicted molar refractivity (Wildman–Crippen MR) is 72.5 cm³/mol. The summed E-state index contributed by atoms with van der Waals surface area (Å²) in [7, 11) is 0. The van der Waals surface area contributed by atoms with Gasteiger partial charge in [-0.25, -0.2) is 8.78 Å². The van der Waals surface area contributed by atoms with Crippen molar-refractivity contribution in [2.45, 2.75) is 12.5 Å². The van der Waals surface area contributed by atoms with E-state index in [0.29, 0.717) is 30.3 Å². The molecule has 21 heavy (non-hydrogen) atoms. The van der Waals surface area contributed by atoms with Crippen LogP contribution in [0.15, 0.2) is 36.4 Å². The Morgan fingerprint density at radius 2 is 1.52 bits per heavy atom. The molecule has 5 heteroatoms. The van der Waals surface area contributed by atoms with Gasteiger partial charge in [-0.1, -0.05) is 6.07 Å². The maximum Gasteiger partial charge on any atom is 0.161 e. The maximum absolute atomic E-state index is 13.2. The van der Waals surface area contributed by atoms with E-state index in [4.69, 9.17) is 9.47 Å². The van der Waals surface area contributed by atoms with Crippen molar-refractivity contribution in [1.29, 1.82) is 0 Å². The number of halogens is 2. The van der Waals surface area contributed by atoms with Gasteiger partial charge in [0.2, 0.25) is 0 Å². The van der Waals surface area contributed by atoms with Gasteiger partial charge in [0.05, 0.1) is 13.2 Å². The molecule has 3 rings (SSSR count). The Balaban J connectivity index is 1.94. The number of benzene rings is 2. The average molecular weight is 292 g/mol. The van der Waals surface area contributed by atoms with E-state index in [9.17, 15) is 13.9 Å². The van der Waals surface area contributed by atoms with Crippen molar-refractivity contribution in [2.75, 3.05) is 13.2 Å². The van der Waals surface area contributed by atoms with Crippen molar-refractivity contribution >= 4 is 0 Å². The molecule has 0 radical (unpaired) electrons. The van der Waals surface area contributed by atoms with Crippen LogP contribution in [0.2, 0.25) is 0 Å². The Morgan fingerprint density at radius 1 is 0.857 bits per heavy atom. The third-order valence-electron chi connectivity index (χ3n) is 3.29. The van der Waals surface area contributed by atoms with Gasteiger partial charge < -0.3 is 14.6 Å². The molecule has 1 N–H and O–H groups in total. The molecule has 1 aliphatic rings. The fourth-order valence-electron chi connectivity index (χ4n) is 2.28. The number of fused-ring (bicyclic) bond motifs is 1. The lowest BCUT2D eigenvalue weighted by atomic mass is 10.0. The monoisotopic (exact) mass is 292 g/mol. The van der Waals surface area contributed by atoms with Gasteiger partial charge >= 0.3 is 0 Å². The van der Waals surface area contributed by atoms with Crippen LogP contribution in [-0.2, 0) is 0 Å². The minimum atomic E-state index is -1.13. The summed E-state index contributed by atoms with van der Waals surface area (Å²) >= 11 is 0. The molecule has 0 spiro atoms. The normalized spacial score (nSPS) is 15.4. The molecule has 1 unspecified atom stereocenters. The lowest BCUT2D eigenvalue weighted by molar-refractivity contribution is 0.218. The molecule has 0 fully saturated rings. The number of aliphatic hydroxyl groups excluding tert-OH is 1. The minimum Gasteiger partial charge on any atom is -0.490 e. The Hall–Kier alpha value is -2.14. The first-order valence-electron chi connectivity index (χ1n) is 6.67. The first-order valence-corrected chi connectivity index (χ1v) is 6.67. The fourth-order valence-corrected chi connectivity index (χ4v) is 2.28. The topological polar surface area (TPSA) is 38.7 Å². The van der Waals surface area contributed by atoms with E-state index in [1.165, 1.54) is 0 Å². The third-order valence-corrected chi connectivity index (χ3v) is 3.29. The zero-order valence-corrected chi connectivity index (χ0v) is 11.2. The molecular weight excluding hydrogens is 278 g/mol. The molecule has 1 heterocycles. The standard InChI is InChI=1S/C16H14F2O3/c17-12-6-11(7-13(18)9-12)16(19)10-2-3-14-15(8-10)21-5-1-4-20-14/h2-3,6-9,16,19H,1,4-5H2. The Morgan fingerprint density at radius 3 is 2.24 bits per heavy atom. The average Bonchev–Trinajstić information content (AvgIpc) is 2.69. The lowest BCUT2D eigenvalue weighted by Gasteiger charge is -2.14. The van der Waals surface area contributed by atoms with E-state index >= 15 is 0 Å². The lowest BCUT2D eigenvalue weighted by Crippen LogP contribution is -2.02. The van der Waals surface area contributed by atoms with Gasteiger partial charge in [0.25, 0.3) is 0 Å². The van der Waals surface area contributed by atoms with Gasteiger partial charge in [0.15, 0.2) is 11.5 Å². The van der Waals surface area contributed by atoms with Gasteiger partial charge in [-0.15, -0.1) is 0 Å². The third kappa shape index (κ3) is 2.97. The van der Waals surface area contributed by atoms with E-state index < -0.39 is 17.7 Å². The first-order chi connectivity index (χ1) is 10.1. The Bertz CT molecular complexity index is 638. The molecule has 110 valence electrons. The Kier molecular flexibility index (Phi) is 3.75. The minimum absolute atomic E-state index is 0.155. The smallest absolute Gasteiger partial charge is 0.161 e. The summed E-state index contributed by atoms with van der Waals surface area (Å²) in [5, 5.41) is 10.3. The second-order valence-corrected chi connectivity index (χ2v) is 4.86. The van der Waals surface area contributed by atoms with Crippen molar-refractivity contribution in [2.24, 2.45) is 0 Å². The molecule has 1 aliphatic heterocycles. The molecule has 0 aliphatic carbocycles. The second kappa shape index (κ2) is 5.69. The molecular formula is C16H14F2O3. The highest BCUT2D eigenvalue weighted by Crippen LogP contribution is 2.34. The van der Waals surface area contributed by atoms with Gasteiger partial charge in [-0.3, -0.25) is 0 Å². The van der Waals surface area contributed by atoms with Crippen molar-refractivity contribution in [3.63, 3.8) is 0 Å². The van der Waals surface area contributed by atoms with Crippen LogP contribution < -0.4 is 9.47 Å². The van der Waals surface area contributed by atoms with Crippen LogP contribution in [0.3, 0.4) is 0 Å². The van der Waals surface area contributed by atoms with Crippen LogP contribution in [0.25, 0.3) is 0 Å². The molecule has 0 amide bonds. The van der Waals surface area contributed by atoms with Crippen LogP contribution in [-0.4, -0.2) is 18.3 Å². The van der Waals surface area contributed by atoms with Crippen LogP contribution >= 0.6 is 0 Å². The van der Waals surface area contributed by atoms with Gasteiger partial charge in [-0.05, 0) is 35.4 Å². The van der Waals surface area contributed by atoms with Crippen molar-refractivity contribution in [1.82, 2.24) is 0 Å². The highest BCUT2D eigenvalue weighted by atomic mass is 19.1. The number of aliphatic hydroxyl groups is 1. The summed E-state index contributed by atoms with van der Waals surface area (Å²) in [6.07, 6.45) is -0.353. The van der Waals surface area contributed by atoms with Crippen molar-refractivity contribution in [3.05, 3.63) is 59.2 Å². The van der Waals surface area contributed by atoms with Gasteiger partial charge in [0, 0.05) is 12.5 Å². The van der Waals surface area contributed by atoms with Gasteiger partial charge in [0.1, 0.15) is 17.7 Å². The zero-order chi connectivity index (χ0) is 14.8. The largest absolute Gasteiger partial charge is 0.490 e. The van der Waals surface area contributed by atoms with Crippen LogP contribution in [0.1, 0.15) is 23.7 Å². The molecule has 0 bridgehead atoms. The predicted octanol–water partition coefficient (Wildman–Crippen LogP) is 3.21. The zero-order valence-electron chi connectivity index (χ0n) is 11.2. The quantitative estimate of drug-likeness (QED) is 0.923. The molecule has 0 saturated heterocycles. The van der Waals surface area contributed by atoms with E-state index in [1.807, 2.05) is 0 Å². The number of rotatable bonds is 2. The van der Waals surface area contributed by atoms with Crippen molar-refractivity contribution in [3.8, 4) is 11.5 Å². The SMILES string of the molecule is OC(c1cc(F)cc(F)c1)c1ccc2c(c1)OCCCO2. The summed E-state index contributed by atoms with van der Waals surface area (Å²) in [6.45, 7) is 1.10. The van der Waals surface area contributed by atoms with Crippen LogP contribution in [0.4, 0.5) is 8.78 Å².